The van der Waals surface area contributed by atoms with Gasteiger partial charge < -0.3 is 15.7 Å². The summed E-state index contributed by atoms with van der Waals surface area (Å²) < 4.78 is 0. The Morgan fingerprint density at radius 3 is 2.39 bits per heavy atom. The van der Waals surface area contributed by atoms with Crippen LogP contribution < -0.4 is 5.73 Å². The van der Waals surface area contributed by atoms with Crippen LogP contribution in [0.4, 0.5) is 0 Å². The molecule has 0 aromatic carbocycles. The third-order valence-electron chi connectivity index (χ3n) is 3.43. The molecule has 1 unspecified atom stereocenters. The molecule has 0 fully saturated rings. The molecule has 4 nitrogen and oxygen atoms in total. The molecule has 1 atom stereocenters. The summed E-state index contributed by atoms with van der Waals surface area (Å²) in [4.78, 5) is 13.8. The van der Waals surface area contributed by atoms with Gasteiger partial charge in [-0.1, -0.05) is 20.8 Å². The standard InChI is InChI=1S/C14H30N2O2/c1-4-9-16(10-11-17)14(18)6-5-13(7-8-15)12(2)3/h12-13,17H,4-11,15H2,1-3H3. The summed E-state index contributed by atoms with van der Waals surface area (Å²) in [5, 5.41) is 8.95. The lowest BCUT2D eigenvalue weighted by Crippen LogP contribution is -2.34. The number of amides is 1. The first-order valence-corrected chi connectivity index (χ1v) is 7.15. The van der Waals surface area contributed by atoms with Crippen LogP contribution in [-0.4, -0.2) is 42.2 Å². The molecule has 0 aliphatic heterocycles. The Labute approximate surface area is 112 Å². The summed E-state index contributed by atoms with van der Waals surface area (Å²) in [6.45, 7) is 8.33. The van der Waals surface area contributed by atoms with Crippen LogP contribution in [0.5, 0.6) is 0 Å². The number of aliphatic hydroxyl groups excluding tert-OH is 1. The van der Waals surface area contributed by atoms with Crippen molar-refractivity contribution < 1.29 is 9.90 Å². The number of rotatable bonds is 10. The van der Waals surface area contributed by atoms with Gasteiger partial charge in [0, 0.05) is 19.5 Å². The fourth-order valence-corrected chi connectivity index (χ4v) is 2.24. The van der Waals surface area contributed by atoms with Crippen molar-refractivity contribution in [2.24, 2.45) is 17.6 Å². The minimum absolute atomic E-state index is 0.0438. The van der Waals surface area contributed by atoms with Crippen LogP contribution >= 0.6 is 0 Å². The molecule has 0 spiro atoms. The molecule has 0 rings (SSSR count). The van der Waals surface area contributed by atoms with E-state index in [0.29, 0.717) is 31.3 Å². The highest BCUT2D eigenvalue weighted by Gasteiger charge is 2.17. The second kappa shape index (κ2) is 10.3. The van der Waals surface area contributed by atoms with E-state index in [2.05, 4.69) is 13.8 Å². The Hall–Kier alpha value is -0.610. The van der Waals surface area contributed by atoms with Gasteiger partial charge in [-0.15, -0.1) is 0 Å². The number of hydrogen-bond donors (Lipinski definition) is 2. The van der Waals surface area contributed by atoms with Gasteiger partial charge >= 0.3 is 0 Å². The van der Waals surface area contributed by atoms with Gasteiger partial charge in [-0.2, -0.15) is 0 Å². The van der Waals surface area contributed by atoms with E-state index >= 15 is 0 Å². The van der Waals surface area contributed by atoms with Gasteiger partial charge in [0.1, 0.15) is 0 Å². The predicted octanol–water partition coefficient (Wildman–Crippen LogP) is 1.62. The molecule has 0 bridgehead atoms. The fourth-order valence-electron chi connectivity index (χ4n) is 2.24. The van der Waals surface area contributed by atoms with Crippen molar-refractivity contribution in [1.29, 1.82) is 0 Å². The maximum absolute atomic E-state index is 12.0. The summed E-state index contributed by atoms with van der Waals surface area (Å²) in [6, 6.07) is 0. The molecule has 0 radical (unpaired) electrons. The minimum Gasteiger partial charge on any atom is -0.395 e. The summed E-state index contributed by atoms with van der Waals surface area (Å²) in [5.41, 5.74) is 5.60. The zero-order valence-electron chi connectivity index (χ0n) is 12.2. The maximum atomic E-state index is 12.0. The van der Waals surface area contributed by atoms with Crippen molar-refractivity contribution in [3.05, 3.63) is 0 Å². The highest BCUT2D eigenvalue weighted by molar-refractivity contribution is 5.76. The molecule has 0 aromatic heterocycles. The zero-order valence-corrected chi connectivity index (χ0v) is 12.2. The van der Waals surface area contributed by atoms with Crippen LogP contribution in [0.2, 0.25) is 0 Å². The van der Waals surface area contributed by atoms with Crippen LogP contribution in [0.3, 0.4) is 0 Å². The Balaban J connectivity index is 4.17. The average Bonchev–Trinajstić information content (AvgIpc) is 2.33. The van der Waals surface area contributed by atoms with Crippen molar-refractivity contribution in [3.63, 3.8) is 0 Å². The molecule has 18 heavy (non-hydrogen) atoms. The van der Waals surface area contributed by atoms with E-state index in [1.165, 1.54) is 0 Å². The molecule has 1 amide bonds. The Morgan fingerprint density at radius 2 is 1.94 bits per heavy atom. The lowest BCUT2D eigenvalue weighted by Gasteiger charge is -2.24. The van der Waals surface area contributed by atoms with Gasteiger partial charge in [0.2, 0.25) is 5.91 Å². The van der Waals surface area contributed by atoms with Crippen LogP contribution in [0.25, 0.3) is 0 Å². The number of carbonyl (C=O) groups is 1. The minimum atomic E-state index is 0.0438. The first kappa shape index (κ1) is 17.4. The van der Waals surface area contributed by atoms with E-state index in [0.717, 1.165) is 25.8 Å². The van der Waals surface area contributed by atoms with Gasteiger partial charge in [-0.25, -0.2) is 0 Å². The van der Waals surface area contributed by atoms with E-state index < -0.39 is 0 Å². The van der Waals surface area contributed by atoms with E-state index in [9.17, 15) is 4.79 Å². The van der Waals surface area contributed by atoms with E-state index in [-0.39, 0.29) is 12.5 Å². The highest BCUT2D eigenvalue weighted by Crippen LogP contribution is 2.20. The Kier molecular flexibility index (Phi) is 9.98. The molecule has 0 saturated carbocycles. The first-order valence-electron chi connectivity index (χ1n) is 7.15. The van der Waals surface area contributed by atoms with Crippen molar-refractivity contribution >= 4 is 5.91 Å². The number of nitrogens with zero attached hydrogens (tertiary/aromatic N) is 1. The SMILES string of the molecule is CCCN(CCO)C(=O)CCC(CCN)C(C)C. The monoisotopic (exact) mass is 258 g/mol. The molecular formula is C14H30N2O2. The van der Waals surface area contributed by atoms with E-state index in [1.54, 1.807) is 4.90 Å². The largest absolute Gasteiger partial charge is 0.395 e. The van der Waals surface area contributed by atoms with Crippen LogP contribution in [0.1, 0.15) is 46.5 Å². The van der Waals surface area contributed by atoms with Crippen molar-refractivity contribution in [3.8, 4) is 0 Å². The van der Waals surface area contributed by atoms with E-state index in [1.807, 2.05) is 6.92 Å². The third kappa shape index (κ3) is 6.97. The molecule has 0 aromatic rings. The second-order valence-electron chi connectivity index (χ2n) is 5.22. The molecule has 0 saturated heterocycles. The molecule has 0 heterocycles. The van der Waals surface area contributed by atoms with Crippen molar-refractivity contribution in [2.45, 2.75) is 46.5 Å². The van der Waals surface area contributed by atoms with Crippen LogP contribution in [0.15, 0.2) is 0 Å². The first-order chi connectivity index (χ1) is 8.56. The summed E-state index contributed by atoms with van der Waals surface area (Å²) >= 11 is 0. The second-order valence-corrected chi connectivity index (χ2v) is 5.22. The molecule has 108 valence electrons. The van der Waals surface area contributed by atoms with Gasteiger partial charge in [-0.05, 0) is 37.6 Å². The highest BCUT2D eigenvalue weighted by atomic mass is 16.3. The smallest absolute Gasteiger partial charge is 0.222 e. The lowest BCUT2D eigenvalue weighted by molar-refractivity contribution is -0.132. The summed E-state index contributed by atoms with van der Waals surface area (Å²) in [5.74, 6) is 1.25. The average molecular weight is 258 g/mol. The summed E-state index contributed by atoms with van der Waals surface area (Å²) in [7, 11) is 0. The fraction of sp³-hybridized carbons (Fsp3) is 0.929. The topological polar surface area (TPSA) is 66.6 Å². The molecule has 4 heteroatoms. The quantitative estimate of drug-likeness (QED) is 0.626. The number of nitrogens with two attached hydrogens (primary N) is 1. The van der Waals surface area contributed by atoms with E-state index in [4.69, 9.17) is 10.8 Å². The predicted molar refractivity (Wildman–Crippen MR) is 75.2 cm³/mol. The third-order valence-corrected chi connectivity index (χ3v) is 3.43. The molecule has 3 N–H and O–H groups in total. The number of carbonyl (C=O) groups excluding carboxylic acids is 1. The van der Waals surface area contributed by atoms with Crippen molar-refractivity contribution in [2.75, 3.05) is 26.2 Å². The number of hydrogen-bond acceptors (Lipinski definition) is 3. The molecule has 0 aliphatic rings. The van der Waals surface area contributed by atoms with Crippen LogP contribution in [0, 0.1) is 11.8 Å². The van der Waals surface area contributed by atoms with Gasteiger partial charge in [0.15, 0.2) is 0 Å². The Bertz CT molecular complexity index is 214. The van der Waals surface area contributed by atoms with Gasteiger partial charge in [-0.3, -0.25) is 4.79 Å². The molecular weight excluding hydrogens is 228 g/mol. The normalized spacial score (nSPS) is 12.8. The van der Waals surface area contributed by atoms with Crippen LogP contribution in [-0.2, 0) is 4.79 Å². The lowest BCUT2D eigenvalue weighted by atomic mass is 9.88. The van der Waals surface area contributed by atoms with Crippen molar-refractivity contribution in [1.82, 2.24) is 4.90 Å². The number of aliphatic hydroxyl groups is 1. The maximum Gasteiger partial charge on any atom is 0.222 e. The molecule has 0 aliphatic carbocycles. The van der Waals surface area contributed by atoms with Gasteiger partial charge in [0.25, 0.3) is 0 Å². The van der Waals surface area contributed by atoms with Gasteiger partial charge in [0.05, 0.1) is 6.61 Å². The zero-order chi connectivity index (χ0) is 14.0. The Morgan fingerprint density at radius 1 is 1.28 bits per heavy atom. The summed E-state index contributed by atoms with van der Waals surface area (Å²) in [6.07, 6.45) is 3.39.